The van der Waals surface area contributed by atoms with Crippen molar-refractivity contribution in [1.82, 2.24) is 5.32 Å². The number of piperidine rings is 1. The predicted molar refractivity (Wildman–Crippen MR) is 164 cm³/mol. The molecule has 1 aliphatic carbocycles. The van der Waals surface area contributed by atoms with Gasteiger partial charge < -0.3 is 24.8 Å². The summed E-state index contributed by atoms with van der Waals surface area (Å²) in [6, 6.07) is 24.6. The number of benzene rings is 3. The van der Waals surface area contributed by atoms with Crippen LogP contribution in [0.5, 0.6) is 5.75 Å². The third kappa shape index (κ3) is 7.95. The Hall–Kier alpha value is -2.77. The Bertz CT molecular complexity index is 1210. The minimum atomic E-state index is 0.0496. The molecule has 0 radical (unpaired) electrons. The van der Waals surface area contributed by atoms with Gasteiger partial charge in [-0.25, -0.2) is 0 Å². The Balaban J connectivity index is 1.28. The second kappa shape index (κ2) is 14.4. The zero-order valence-electron chi connectivity index (χ0n) is 23.4. The lowest BCUT2D eigenvalue weighted by Gasteiger charge is -2.46. The van der Waals surface area contributed by atoms with Crippen molar-refractivity contribution in [2.75, 3.05) is 38.9 Å². The Morgan fingerprint density at radius 1 is 0.854 bits per heavy atom. The molecule has 1 saturated carbocycles. The first kappa shape index (κ1) is 29.7. The van der Waals surface area contributed by atoms with Crippen molar-refractivity contribution in [3.8, 4) is 5.75 Å². The van der Waals surface area contributed by atoms with E-state index < -0.39 is 0 Å². The summed E-state index contributed by atoms with van der Waals surface area (Å²) in [5.41, 5.74) is 3.50. The standard InChI is InChI=1S/C33H38Cl2N2O4/c1-39-16-17-40-18-19-41-28-13-11-27(12-14-28)36-31-21-32(38)37-30-15-6-24(20-29(30)31)33(22-2-7-25(34)8-3-22)23-4-9-26(35)10-5-23/h2-5,7-14,24,29-31,33,36H,6,15-21H2,1H3,(H,37,38). The highest BCUT2D eigenvalue weighted by atomic mass is 35.5. The lowest BCUT2D eigenvalue weighted by molar-refractivity contribution is -0.125. The molecule has 1 heterocycles. The van der Waals surface area contributed by atoms with Crippen molar-refractivity contribution < 1.29 is 19.0 Å². The predicted octanol–water partition coefficient (Wildman–Crippen LogP) is 6.95. The average molecular weight is 598 g/mol. The number of fused-ring (bicyclic) bond motifs is 1. The van der Waals surface area contributed by atoms with E-state index in [0.717, 1.165) is 40.7 Å². The summed E-state index contributed by atoms with van der Waals surface area (Å²) in [5, 5.41) is 8.45. The molecule has 3 aromatic carbocycles. The average Bonchev–Trinajstić information content (AvgIpc) is 2.98. The van der Waals surface area contributed by atoms with Crippen LogP contribution in [0, 0.1) is 11.8 Å². The van der Waals surface area contributed by atoms with Gasteiger partial charge in [0.25, 0.3) is 0 Å². The molecule has 218 valence electrons. The largest absolute Gasteiger partial charge is 0.491 e. The number of ether oxygens (including phenoxy) is 3. The van der Waals surface area contributed by atoms with E-state index in [0.29, 0.717) is 44.7 Å². The van der Waals surface area contributed by atoms with Crippen LogP contribution in [-0.2, 0) is 14.3 Å². The molecule has 4 atom stereocenters. The summed E-state index contributed by atoms with van der Waals surface area (Å²) in [7, 11) is 1.65. The Morgan fingerprint density at radius 3 is 2.12 bits per heavy atom. The fraction of sp³-hybridized carbons (Fsp3) is 0.424. The van der Waals surface area contributed by atoms with Crippen molar-refractivity contribution in [2.45, 2.75) is 43.7 Å². The van der Waals surface area contributed by atoms with Crippen molar-refractivity contribution >= 4 is 34.8 Å². The maximum atomic E-state index is 12.7. The van der Waals surface area contributed by atoms with Crippen molar-refractivity contribution in [2.24, 2.45) is 11.8 Å². The first-order chi connectivity index (χ1) is 20.0. The number of amides is 1. The summed E-state index contributed by atoms with van der Waals surface area (Å²) in [6.45, 7) is 2.12. The molecule has 3 aromatic rings. The number of halogens is 2. The van der Waals surface area contributed by atoms with E-state index >= 15 is 0 Å². The highest BCUT2D eigenvalue weighted by Crippen LogP contribution is 2.45. The van der Waals surface area contributed by atoms with E-state index in [9.17, 15) is 4.79 Å². The van der Waals surface area contributed by atoms with Crippen molar-refractivity contribution in [3.63, 3.8) is 0 Å². The van der Waals surface area contributed by atoms with Gasteiger partial charge in [0.15, 0.2) is 0 Å². The molecule has 0 aromatic heterocycles. The first-order valence-corrected chi connectivity index (χ1v) is 15.1. The third-order valence-electron chi connectivity index (χ3n) is 8.27. The van der Waals surface area contributed by atoms with E-state index in [1.54, 1.807) is 7.11 Å². The van der Waals surface area contributed by atoms with Crippen LogP contribution in [0.3, 0.4) is 0 Å². The molecule has 6 nitrogen and oxygen atoms in total. The zero-order chi connectivity index (χ0) is 28.6. The molecule has 5 rings (SSSR count). The van der Waals surface area contributed by atoms with Gasteiger partial charge in [0.2, 0.25) is 5.91 Å². The van der Waals surface area contributed by atoms with Crippen LogP contribution in [0.2, 0.25) is 10.0 Å². The number of methoxy groups -OCH3 is 1. The number of carbonyl (C=O) groups is 1. The zero-order valence-corrected chi connectivity index (χ0v) is 24.9. The van der Waals surface area contributed by atoms with Gasteiger partial charge in [-0.15, -0.1) is 0 Å². The molecule has 2 fully saturated rings. The van der Waals surface area contributed by atoms with Crippen LogP contribution < -0.4 is 15.4 Å². The SMILES string of the molecule is COCCOCCOc1ccc(NC2CC(=O)NC3CCC(C(c4ccc(Cl)cc4)c4ccc(Cl)cc4)CC32)cc1. The number of hydrogen-bond acceptors (Lipinski definition) is 5. The van der Waals surface area contributed by atoms with Crippen LogP contribution in [0.1, 0.15) is 42.7 Å². The molecule has 1 amide bonds. The van der Waals surface area contributed by atoms with Crippen molar-refractivity contribution in [3.05, 3.63) is 94.0 Å². The van der Waals surface area contributed by atoms with E-state index in [-0.39, 0.29) is 23.9 Å². The Kier molecular flexibility index (Phi) is 10.4. The lowest BCUT2D eigenvalue weighted by atomic mass is 9.65. The Morgan fingerprint density at radius 2 is 1.49 bits per heavy atom. The van der Waals surface area contributed by atoms with Crippen LogP contribution in [-0.4, -0.2) is 51.5 Å². The second-order valence-corrected chi connectivity index (χ2v) is 11.8. The summed E-state index contributed by atoms with van der Waals surface area (Å²) in [5.74, 6) is 1.85. The number of nitrogens with one attached hydrogen (secondary N) is 2. The smallest absolute Gasteiger partial charge is 0.222 e. The fourth-order valence-electron chi connectivity index (χ4n) is 6.34. The van der Waals surface area contributed by atoms with Crippen LogP contribution in [0.15, 0.2) is 72.8 Å². The lowest BCUT2D eigenvalue weighted by Crippen LogP contribution is -2.56. The summed E-state index contributed by atoms with van der Waals surface area (Å²) >= 11 is 12.5. The maximum absolute atomic E-state index is 12.7. The molecule has 0 bridgehead atoms. The monoisotopic (exact) mass is 596 g/mol. The van der Waals surface area contributed by atoms with Crippen LogP contribution in [0.25, 0.3) is 0 Å². The molecule has 8 heteroatoms. The normalized spacial score (nSPS) is 22.2. The minimum absolute atomic E-state index is 0.0496. The van der Waals surface area contributed by atoms with Gasteiger partial charge in [-0.2, -0.15) is 0 Å². The van der Waals surface area contributed by atoms with Gasteiger partial charge in [0.1, 0.15) is 12.4 Å². The highest BCUT2D eigenvalue weighted by Gasteiger charge is 2.43. The molecule has 41 heavy (non-hydrogen) atoms. The highest BCUT2D eigenvalue weighted by molar-refractivity contribution is 6.30. The molecule has 4 unspecified atom stereocenters. The van der Waals surface area contributed by atoms with Gasteiger partial charge in [0, 0.05) is 53.2 Å². The number of carbonyl (C=O) groups excluding carboxylic acids is 1. The van der Waals surface area contributed by atoms with Gasteiger partial charge in [0.05, 0.1) is 19.8 Å². The molecule has 0 spiro atoms. The van der Waals surface area contributed by atoms with E-state index in [2.05, 4.69) is 34.9 Å². The minimum Gasteiger partial charge on any atom is -0.491 e. The molecule has 2 aliphatic rings. The van der Waals surface area contributed by atoms with Crippen LogP contribution >= 0.6 is 23.2 Å². The van der Waals surface area contributed by atoms with Gasteiger partial charge in [-0.1, -0.05) is 47.5 Å². The summed E-state index contributed by atoms with van der Waals surface area (Å²) < 4.78 is 16.2. The quantitative estimate of drug-likeness (QED) is 0.221. The van der Waals surface area contributed by atoms with E-state index in [4.69, 9.17) is 37.4 Å². The number of anilines is 1. The third-order valence-corrected chi connectivity index (χ3v) is 8.78. The molecular weight excluding hydrogens is 559 g/mol. The first-order valence-electron chi connectivity index (χ1n) is 14.4. The maximum Gasteiger partial charge on any atom is 0.222 e. The van der Waals surface area contributed by atoms with Crippen LogP contribution in [0.4, 0.5) is 5.69 Å². The van der Waals surface area contributed by atoms with E-state index in [1.165, 1.54) is 11.1 Å². The van der Waals surface area contributed by atoms with Gasteiger partial charge in [-0.3, -0.25) is 4.79 Å². The van der Waals surface area contributed by atoms with E-state index in [1.807, 2.05) is 48.5 Å². The molecule has 2 N–H and O–H groups in total. The molecule has 1 aliphatic heterocycles. The van der Waals surface area contributed by atoms with Crippen molar-refractivity contribution in [1.29, 1.82) is 0 Å². The Labute approximate surface area is 252 Å². The summed E-state index contributed by atoms with van der Waals surface area (Å²) in [6.07, 6.45) is 3.45. The molecular formula is C33H38Cl2N2O4. The van der Waals surface area contributed by atoms with Gasteiger partial charge in [-0.05, 0) is 84.8 Å². The van der Waals surface area contributed by atoms with Gasteiger partial charge >= 0.3 is 0 Å². The number of hydrogen-bond donors (Lipinski definition) is 2. The fourth-order valence-corrected chi connectivity index (χ4v) is 6.59. The number of rotatable bonds is 12. The molecule has 1 saturated heterocycles. The second-order valence-electron chi connectivity index (χ2n) is 10.9. The topological polar surface area (TPSA) is 68.8 Å². The summed E-state index contributed by atoms with van der Waals surface area (Å²) in [4.78, 5) is 12.7.